The molecule has 1 unspecified atom stereocenters. The molecule has 2 aliphatic rings. The van der Waals surface area contributed by atoms with Crippen molar-refractivity contribution in [3.8, 4) is 0 Å². The third-order valence-corrected chi connectivity index (χ3v) is 5.26. The Labute approximate surface area is 188 Å². The fourth-order valence-corrected chi connectivity index (χ4v) is 3.67. The third kappa shape index (κ3) is 7.18. The summed E-state index contributed by atoms with van der Waals surface area (Å²) in [5.41, 5.74) is 8.49. The van der Waals surface area contributed by atoms with E-state index in [-0.39, 0.29) is 23.9 Å². The van der Waals surface area contributed by atoms with E-state index in [9.17, 15) is 14.7 Å². The normalized spacial score (nSPS) is 31.8. The van der Waals surface area contributed by atoms with Gasteiger partial charge in [0, 0.05) is 18.6 Å². The average Bonchev–Trinajstić information content (AvgIpc) is 2.85. The number of nitrogens with one attached hydrogen (secondary N) is 2. The van der Waals surface area contributed by atoms with Gasteiger partial charge in [0.1, 0.15) is 24.4 Å². The highest BCUT2D eigenvalue weighted by atomic mass is 16.7. The fraction of sp³-hybridized carbons (Fsp3) is 0.810. The topological polar surface area (TPSA) is 155 Å². The lowest BCUT2D eigenvalue weighted by Crippen LogP contribution is -2.62. The number of methoxy groups -OCH3 is 1. The predicted molar refractivity (Wildman–Crippen MR) is 116 cm³/mol. The predicted octanol–water partition coefficient (Wildman–Crippen LogP) is 1.56. The van der Waals surface area contributed by atoms with Crippen LogP contribution in [-0.4, -0.2) is 72.9 Å². The molecule has 0 aliphatic carbocycles. The maximum atomic E-state index is 13.0. The first kappa shape index (κ1) is 26.1. The molecule has 0 saturated carbocycles. The van der Waals surface area contributed by atoms with Crippen molar-refractivity contribution in [3.63, 3.8) is 0 Å². The van der Waals surface area contributed by atoms with Gasteiger partial charge < -0.3 is 30.0 Å². The maximum absolute atomic E-state index is 13.0. The summed E-state index contributed by atoms with van der Waals surface area (Å²) in [4.78, 5) is 28.2. The Kier molecular flexibility index (Phi) is 8.67. The van der Waals surface area contributed by atoms with Crippen molar-refractivity contribution in [2.75, 3.05) is 13.7 Å². The summed E-state index contributed by atoms with van der Waals surface area (Å²) < 4.78 is 17.1. The van der Waals surface area contributed by atoms with Crippen LogP contribution in [0.5, 0.6) is 0 Å². The molecule has 11 nitrogen and oxygen atoms in total. The Morgan fingerprint density at radius 2 is 2.09 bits per heavy atom. The summed E-state index contributed by atoms with van der Waals surface area (Å²) in [5.74, 6) is -2.03. The summed E-state index contributed by atoms with van der Waals surface area (Å²) >= 11 is 0. The SMILES string of the molecule is COC(C(=O)N[C@H]1CC[C@H](N=[N+]=[N-])CNC1=O)[C@@H]1OC(C)(C)O[C@H](/C=C/C(C)(C)C)[C@H]1O. The number of azide groups is 1. The number of amides is 2. The van der Waals surface area contributed by atoms with Crippen LogP contribution in [0.1, 0.15) is 47.5 Å². The minimum absolute atomic E-state index is 0.126. The molecule has 180 valence electrons. The van der Waals surface area contributed by atoms with Gasteiger partial charge in [0.25, 0.3) is 5.91 Å². The zero-order valence-corrected chi connectivity index (χ0v) is 19.6. The largest absolute Gasteiger partial charge is 0.387 e. The third-order valence-electron chi connectivity index (χ3n) is 5.26. The monoisotopic (exact) mass is 453 g/mol. The summed E-state index contributed by atoms with van der Waals surface area (Å²) in [6.07, 6.45) is 0.351. The number of hydrogen-bond donors (Lipinski definition) is 3. The van der Waals surface area contributed by atoms with Crippen LogP contribution in [-0.2, 0) is 23.8 Å². The van der Waals surface area contributed by atoms with E-state index in [0.29, 0.717) is 12.8 Å². The van der Waals surface area contributed by atoms with Gasteiger partial charge in [0.05, 0.1) is 6.04 Å². The average molecular weight is 454 g/mol. The number of aliphatic hydroxyl groups is 1. The Bertz CT molecular complexity index is 758. The molecule has 0 radical (unpaired) electrons. The van der Waals surface area contributed by atoms with Gasteiger partial charge in [-0.2, -0.15) is 0 Å². The second-order valence-corrected chi connectivity index (χ2v) is 9.68. The first-order valence-corrected chi connectivity index (χ1v) is 10.7. The van der Waals surface area contributed by atoms with Crippen molar-refractivity contribution in [1.29, 1.82) is 0 Å². The minimum atomic E-state index is -1.18. The summed E-state index contributed by atoms with van der Waals surface area (Å²) in [5, 5.41) is 19.9. The highest BCUT2D eigenvalue weighted by molar-refractivity contribution is 5.89. The quantitative estimate of drug-likeness (QED) is 0.240. The number of carbonyl (C=O) groups excluding carboxylic acids is 2. The van der Waals surface area contributed by atoms with Gasteiger partial charge in [-0.15, -0.1) is 0 Å². The van der Waals surface area contributed by atoms with Crippen molar-refractivity contribution in [2.45, 2.75) is 89.7 Å². The van der Waals surface area contributed by atoms with Gasteiger partial charge in [-0.05, 0) is 37.6 Å². The molecule has 32 heavy (non-hydrogen) atoms. The van der Waals surface area contributed by atoms with E-state index in [1.165, 1.54) is 7.11 Å². The van der Waals surface area contributed by atoms with Crippen LogP contribution in [0.4, 0.5) is 0 Å². The molecule has 2 amide bonds. The van der Waals surface area contributed by atoms with E-state index in [2.05, 4.69) is 20.7 Å². The van der Waals surface area contributed by atoms with Crippen molar-refractivity contribution in [3.05, 3.63) is 22.6 Å². The van der Waals surface area contributed by atoms with Crippen LogP contribution in [0.3, 0.4) is 0 Å². The van der Waals surface area contributed by atoms with Crippen LogP contribution in [0.25, 0.3) is 10.4 Å². The molecule has 11 heteroatoms. The van der Waals surface area contributed by atoms with Crippen LogP contribution in [0.15, 0.2) is 17.3 Å². The van der Waals surface area contributed by atoms with Crippen LogP contribution < -0.4 is 10.6 Å². The molecule has 0 aromatic carbocycles. The molecule has 0 spiro atoms. The second-order valence-electron chi connectivity index (χ2n) is 9.68. The van der Waals surface area contributed by atoms with Gasteiger partial charge in [-0.25, -0.2) is 0 Å². The lowest BCUT2D eigenvalue weighted by atomic mass is 9.93. The molecule has 2 heterocycles. The van der Waals surface area contributed by atoms with Crippen molar-refractivity contribution >= 4 is 11.8 Å². The van der Waals surface area contributed by atoms with Gasteiger partial charge >= 0.3 is 0 Å². The Morgan fingerprint density at radius 1 is 1.41 bits per heavy atom. The molecule has 2 rings (SSSR count). The number of allylic oxidation sites excluding steroid dienone is 1. The zero-order chi connectivity index (χ0) is 24.1. The summed E-state index contributed by atoms with van der Waals surface area (Å²) in [6.45, 7) is 9.67. The fourth-order valence-electron chi connectivity index (χ4n) is 3.67. The molecule has 3 N–H and O–H groups in total. The molecule has 2 fully saturated rings. The number of hydrogen-bond acceptors (Lipinski definition) is 7. The van der Waals surface area contributed by atoms with Crippen molar-refractivity contribution < 1.29 is 28.9 Å². The highest BCUT2D eigenvalue weighted by Crippen LogP contribution is 2.31. The number of ether oxygens (including phenoxy) is 3. The molecule has 0 aromatic heterocycles. The van der Waals surface area contributed by atoms with Crippen LogP contribution >= 0.6 is 0 Å². The van der Waals surface area contributed by atoms with Crippen LogP contribution in [0, 0.1) is 5.41 Å². The van der Waals surface area contributed by atoms with Crippen molar-refractivity contribution in [2.24, 2.45) is 10.5 Å². The van der Waals surface area contributed by atoms with E-state index in [0.717, 1.165) is 0 Å². The number of aliphatic hydroxyl groups excluding tert-OH is 1. The molecular weight excluding hydrogens is 418 g/mol. The highest BCUT2D eigenvalue weighted by Gasteiger charge is 2.48. The molecular formula is C21H35N5O6. The molecule has 2 aliphatic heterocycles. The maximum Gasteiger partial charge on any atom is 0.252 e. The van der Waals surface area contributed by atoms with Crippen LogP contribution in [0.2, 0.25) is 0 Å². The van der Waals surface area contributed by atoms with Gasteiger partial charge in [0.15, 0.2) is 11.9 Å². The van der Waals surface area contributed by atoms with E-state index in [1.807, 2.05) is 26.8 Å². The smallest absolute Gasteiger partial charge is 0.252 e. The van der Waals surface area contributed by atoms with E-state index in [1.54, 1.807) is 19.9 Å². The zero-order valence-electron chi connectivity index (χ0n) is 19.6. The van der Waals surface area contributed by atoms with E-state index in [4.69, 9.17) is 19.7 Å². The first-order chi connectivity index (χ1) is 14.9. The van der Waals surface area contributed by atoms with Crippen molar-refractivity contribution in [1.82, 2.24) is 10.6 Å². The van der Waals surface area contributed by atoms with Gasteiger partial charge in [0.2, 0.25) is 5.91 Å². The Morgan fingerprint density at radius 3 is 2.69 bits per heavy atom. The lowest BCUT2D eigenvalue weighted by molar-refractivity contribution is -0.334. The molecule has 2 saturated heterocycles. The van der Waals surface area contributed by atoms with E-state index >= 15 is 0 Å². The van der Waals surface area contributed by atoms with E-state index < -0.39 is 42.2 Å². The Hall–Kier alpha value is -2.17. The number of nitrogens with zero attached hydrogens (tertiary/aromatic N) is 3. The molecule has 6 atom stereocenters. The molecule has 0 aromatic rings. The lowest BCUT2D eigenvalue weighted by Gasteiger charge is -2.45. The number of carbonyl (C=O) groups is 2. The first-order valence-electron chi connectivity index (χ1n) is 10.7. The standard InChI is InChI=1S/C21H35N5O6/c1-20(2,3)10-9-14-15(27)16(32-21(4,5)31-14)17(30-6)19(29)24-13-8-7-12(25-26-22)11-23-18(13)28/h9-10,12-17,27H,7-8,11H2,1-6H3,(H,23,28)(H,24,29)/b10-9+/t12-,13-,14+,15+,16+,17?/m0/s1. The summed E-state index contributed by atoms with van der Waals surface area (Å²) in [7, 11) is 1.34. The second kappa shape index (κ2) is 10.6. The van der Waals surface area contributed by atoms with Gasteiger partial charge in [-0.3, -0.25) is 9.59 Å². The minimum Gasteiger partial charge on any atom is -0.387 e. The summed E-state index contributed by atoms with van der Waals surface area (Å²) in [6, 6.07) is -1.19. The Balaban J connectivity index is 2.16. The van der Waals surface area contributed by atoms with Gasteiger partial charge in [-0.1, -0.05) is 38.0 Å². The number of rotatable bonds is 6. The molecule has 0 bridgehead atoms.